The average Bonchev–Trinajstić information content (AvgIpc) is 3.74. The number of esters is 1. The van der Waals surface area contributed by atoms with Crippen molar-refractivity contribution in [3.63, 3.8) is 0 Å². The Hall–Kier alpha value is -3.84. The zero-order valence-corrected chi connectivity index (χ0v) is 33.4. The minimum atomic E-state index is -1.000. The molecule has 8 rings (SSSR count). The third-order valence-corrected chi connectivity index (χ3v) is 14.3. The van der Waals surface area contributed by atoms with Crippen LogP contribution in [0.5, 0.6) is 0 Å². The predicted octanol–water partition coefficient (Wildman–Crippen LogP) is 7.35. The van der Waals surface area contributed by atoms with Gasteiger partial charge >= 0.3 is 5.97 Å². The number of methoxy groups -OCH3 is 1. The van der Waals surface area contributed by atoms with Gasteiger partial charge in [-0.3, -0.25) is 24.4 Å². The third kappa shape index (κ3) is 6.42. The van der Waals surface area contributed by atoms with E-state index in [2.05, 4.69) is 67.0 Å². The number of nitrogens with one attached hydrogen (secondary N) is 1. The van der Waals surface area contributed by atoms with Crippen LogP contribution in [0, 0.1) is 17.3 Å². The molecule has 4 aliphatic rings. The van der Waals surface area contributed by atoms with E-state index in [1.54, 1.807) is 23.9 Å². The lowest BCUT2D eigenvalue weighted by atomic mass is 9.71. The number of amides is 1. The van der Waals surface area contributed by atoms with E-state index in [0.717, 1.165) is 61.8 Å². The number of thioether (sulfide) groups is 1. The highest BCUT2D eigenvalue weighted by Crippen LogP contribution is 2.53. The van der Waals surface area contributed by atoms with Gasteiger partial charge in [-0.25, -0.2) is 10.4 Å². The normalized spacial score (nSPS) is 25.2. The molecule has 3 fully saturated rings. The van der Waals surface area contributed by atoms with Crippen LogP contribution in [0.25, 0.3) is 33.4 Å². The molecule has 1 saturated carbocycles. The average molecular weight is 768 g/mol. The summed E-state index contributed by atoms with van der Waals surface area (Å²) in [5, 5.41) is 5.59. The number of carbonyl (C=O) groups is 3. The number of thiazole rings is 1. The quantitative estimate of drug-likeness (QED) is 0.159. The molecule has 284 valence electrons. The van der Waals surface area contributed by atoms with Crippen molar-refractivity contribution < 1.29 is 23.9 Å². The SMILES string of the molecule is C=C1CC(C(=O)C2CS[C@@]23Cc2nc(cs2)-c2ccc4c(c2)c(c(-c2cccnc2[C@H](C)OC)n4CC)CC(C)(C)COC(=O)[C@@H]2CCCN(N2)C3=O)C1. The van der Waals surface area contributed by atoms with Crippen LogP contribution in [0.3, 0.4) is 0 Å². The number of hydrogen-bond acceptors (Lipinski definition) is 10. The lowest BCUT2D eigenvalue weighted by molar-refractivity contribution is -0.156. The predicted molar refractivity (Wildman–Crippen MR) is 213 cm³/mol. The lowest BCUT2D eigenvalue weighted by Gasteiger charge is -2.50. The number of pyridine rings is 1. The van der Waals surface area contributed by atoms with Crippen molar-refractivity contribution in [3.05, 3.63) is 70.3 Å². The summed E-state index contributed by atoms with van der Waals surface area (Å²) in [5.74, 6) is -0.292. The highest BCUT2D eigenvalue weighted by atomic mass is 32.2. The fourth-order valence-corrected chi connectivity index (χ4v) is 11.2. The van der Waals surface area contributed by atoms with Gasteiger partial charge in [-0.1, -0.05) is 32.1 Å². The molecule has 1 spiro atoms. The van der Waals surface area contributed by atoms with Gasteiger partial charge in [0.25, 0.3) is 5.91 Å². The van der Waals surface area contributed by atoms with Crippen LogP contribution in [0.4, 0.5) is 0 Å². The van der Waals surface area contributed by atoms with Crippen molar-refractivity contribution in [3.8, 4) is 22.5 Å². The van der Waals surface area contributed by atoms with Crippen molar-refractivity contribution >= 4 is 51.7 Å². The molecule has 1 aromatic carbocycles. The topological polar surface area (TPSA) is 116 Å². The van der Waals surface area contributed by atoms with E-state index >= 15 is 0 Å². The molecule has 4 aromatic rings. The molecule has 6 heterocycles. The molecule has 54 heavy (non-hydrogen) atoms. The Labute approximate surface area is 325 Å². The van der Waals surface area contributed by atoms with Crippen LogP contribution in [-0.4, -0.2) is 74.0 Å². The van der Waals surface area contributed by atoms with Crippen LogP contribution in [0.15, 0.2) is 54.1 Å². The molecule has 12 heteroatoms. The number of benzene rings is 1. The van der Waals surface area contributed by atoms with Crippen molar-refractivity contribution in [1.29, 1.82) is 0 Å². The number of cyclic esters (lactones) is 1. The van der Waals surface area contributed by atoms with Crippen LogP contribution in [0.1, 0.15) is 75.7 Å². The molecule has 6 bridgehead atoms. The summed E-state index contributed by atoms with van der Waals surface area (Å²) in [7, 11) is 1.70. The van der Waals surface area contributed by atoms with E-state index < -0.39 is 22.1 Å². The maximum absolute atomic E-state index is 14.7. The highest BCUT2D eigenvalue weighted by molar-refractivity contribution is 8.03. The Kier molecular flexibility index (Phi) is 9.85. The summed E-state index contributed by atoms with van der Waals surface area (Å²) >= 11 is 3.08. The van der Waals surface area contributed by atoms with Crippen molar-refractivity contribution in [2.75, 3.05) is 26.0 Å². The van der Waals surface area contributed by atoms with Crippen LogP contribution in [0.2, 0.25) is 0 Å². The van der Waals surface area contributed by atoms with Crippen molar-refractivity contribution in [2.24, 2.45) is 17.3 Å². The first-order chi connectivity index (χ1) is 25.9. The number of Topliss-reactive ketones (excluding diaryl/α,β-unsaturated/α-hetero) is 1. The first kappa shape index (κ1) is 37.1. The van der Waals surface area contributed by atoms with E-state index in [9.17, 15) is 14.4 Å². The summed E-state index contributed by atoms with van der Waals surface area (Å²) in [5.41, 5.74) is 10.9. The molecule has 0 radical (unpaired) electrons. The summed E-state index contributed by atoms with van der Waals surface area (Å²) in [6, 6.07) is 9.96. The molecule has 4 atom stereocenters. The molecule has 2 saturated heterocycles. The van der Waals surface area contributed by atoms with Crippen LogP contribution < -0.4 is 5.43 Å². The van der Waals surface area contributed by atoms with E-state index in [-0.39, 0.29) is 36.3 Å². The van der Waals surface area contributed by atoms with Gasteiger partial charge < -0.3 is 14.0 Å². The molecular weight excluding hydrogens is 719 g/mol. The minimum absolute atomic E-state index is 0.0879. The van der Waals surface area contributed by atoms with Crippen molar-refractivity contribution in [2.45, 2.75) is 89.7 Å². The molecule has 1 amide bonds. The van der Waals surface area contributed by atoms with E-state index in [1.807, 2.05) is 19.2 Å². The Morgan fingerprint density at radius 3 is 2.74 bits per heavy atom. The fraction of sp³-hybridized carbons (Fsp3) is 0.500. The number of rotatable bonds is 6. The second-order valence-electron chi connectivity index (χ2n) is 16.2. The number of aryl methyl sites for hydroxylation is 1. The van der Waals surface area contributed by atoms with Gasteiger partial charge in [0.05, 0.1) is 40.7 Å². The molecular formula is C42H49N5O5S2. The molecule has 1 unspecified atom stereocenters. The zero-order chi connectivity index (χ0) is 37.9. The Balaban J connectivity index is 1.27. The standard InChI is InChI=1S/C42H49N5O5S2/c1-7-46-34-13-12-26-18-29(34)30(37(46)28-10-8-14-43-36(28)25(3)51-6)19-41(4,5)23-52-39(49)32-11-9-15-47(45-32)40(50)42(20-35-44-33(26)22-53-35)31(21-54-42)38(48)27-16-24(2)17-27/h8,10,12-14,18,22,25,27,31-32,45H,2,7,9,11,15-17,19-21,23H2,1,3-6H3/t25-,31?,32-,42-/m0/s1. The molecule has 1 aliphatic carbocycles. The number of hydrazine groups is 1. The van der Waals surface area contributed by atoms with Gasteiger partial charge in [0.2, 0.25) is 0 Å². The maximum Gasteiger partial charge on any atom is 0.324 e. The zero-order valence-electron chi connectivity index (χ0n) is 31.8. The highest BCUT2D eigenvalue weighted by Gasteiger charge is 2.60. The number of hydrogen-bond donors (Lipinski definition) is 1. The van der Waals surface area contributed by atoms with Gasteiger partial charge in [0.1, 0.15) is 16.6 Å². The van der Waals surface area contributed by atoms with Gasteiger partial charge in [0, 0.05) is 77.3 Å². The second kappa shape index (κ2) is 14.3. The summed E-state index contributed by atoms with van der Waals surface area (Å²) in [6.07, 6.45) is 5.16. The monoisotopic (exact) mass is 767 g/mol. The van der Waals surface area contributed by atoms with E-state index in [1.165, 1.54) is 11.3 Å². The van der Waals surface area contributed by atoms with Gasteiger partial charge in [-0.15, -0.1) is 23.1 Å². The number of nitrogens with zero attached hydrogens (tertiary/aromatic N) is 4. The van der Waals surface area contributed by atoms with Gasteiger partial charge in [-0.2, -0.15) is 0 Å². The number of carbonyl (C=O) groups excluding carboxylic acids is 3. The first-order valence-corrected chi connectivity index (χ1v) is 21.0. The number of ketones is 1. The van der Waals surface area contributed by atoms with Crippen LogP contribution in [-0.2, 0) is 43.2 Å². The Morgan fingerprint density at radius 2 is 2.02 bits per heavy atom. The third-order valence-electron chi connectivity index (χ3n) is 11.8. The Bertz CT molecular complexity index is 2150. The maximum atomic E-state index is 14.7. The van der Waals surface area contributed by atoms with Gasteiger partial charge in [0.15, 0.2) is 0 Å². The van der Waals surface area contributed by atoms with E-state index in [0.29, 0.717) is 50.8 Å². The van der Waals surface area contributed by atoms with Gasteiger partial charge in [-0.05, 0) is 75.8 Å². The fourth-order valence-electron chi connectivity index (χ4n) is 8.69. The Morgan fingerprint density at radius 1 is 1.20 bits per heavy atom. The number of allylic oxidation sites excluding steroid dienone is 1. The number of fused-ring (bicyclic) bond motifs is 6. The molecule has 1 N–H and O–H groups in total. The van der Waals surface area contributed by atoms with Crippen LogP contribution >= 0.6 is 23.1 Å². The number of ether oxygens (including phenoxy) is 2. The number of aromatic nitrogens is 3. The largest absolute Gasteiger partial charge is 0.464 e. The minimum Gasteiger partial charge on any atom is -0.464 e. The summed E-state index contributed by atoms with van der Waals surface area (Å²) < 4.78 is 13.3. The molecule has 3 aromatic heterocycles. The van der Waals surface area contributed by atoms with Crippen molar-refractivity contribution in [1.82, 2.24) is 25.0 Å². The first-order valence-electron chi connectivity index (χ1n) is 19.1. The summed E-state index contributed by atoms with van der Waals surface area (Å²) in [6.45, 7) is 13.9. The smallest absolute Gasteiger partial charge is 0.324 e. The molecule has 10 nitrogen and oxygen atoms in total. The second-order valence-corrected chi connectivity index (χ2v) is 18.5. The molecule has 3 aliphatic heterocycles. The summed E-state index contributed by atoms with van der Waals surface area (Å²) in [4.78, 5) is 52.4. The lowest BCUT2D eigenvalue weighted by Crippen LogP contribution is -2.67. The van der Waals surface area contributed by atoms with E-state index in [4.69, 9.17) is 19.4 Å².